The number of para-hydroxylation sites is 2. The third-order valence-electron chi connectivity index (χ3n) is 5.81. The SMILES string of the molecule is CC(C)(C)c1cc(C2N(c3ccccc3)CCN2c2ccccc2)c(O)c([N+](=O)[O-])c1. The predicted octanol–water partition coefficient (Wildman–Crippen LogP) is 5.62. The zero-order valence-corrected chi connectivity index (χ0v) is 18.0. The van der Waals surface area contributed by atoms with Gasteiger partial charge in [0.25, 0.3) is 0 Å². The fourth-order valence-electron chi connectivity index (χ4n) is 4.15. The Morgan fingerprint density at radius 3 is 1.81 bits per heavy atom. The standard InChI is InChI=1S/C25H27N3O3/c1-25(2,3)18-16-21(23(29)22(17-18)28(30)31)24-26(19-10-6-4-7-11-19)14-15-27(24)20-12-8-5-9-13-20/h4-13,16-17,24,29H,14-15H2,1-3H3. The van der Waals surface area contributed by atoms with Crippen LogP contribution in [0.2, 0.25) is 0 Å². The molecule has 0 radical (unpaired) electrons. The summed E-state index contributed by atoms with van der Waals surface area (Å²) in [6.07, 6.45) is -0.370. The second-order valence-electron chi connectivity index (χ2n) is 8.87. The van der Waals surface area contributed by atoms with Crippen molar-refractivity contribution in [3.05, 3.63) is 94.0 Å². The van der Waals surface area contributed by atoms with Crippen molar-refractivity contribution in [3.8, 4) is 5.75 Å². The van der Waals surface area contributed by atoms with E-state index in [1.807, 2.05) is 87.5 Å². The van der Waals surface area contributed by atoms with Gasteiger partial charge in [-0.3, -0.25) is 10.1 Å². The first-order chi connectivity index (χ1) is 14.8. The molecule has 0 aliphatic carbocycles. The van der Waals surface area contributed by atoms with Crippen LogP contribution < -0.4 is 9.80 Å². The van der Waals surface area contributed by atoms with Gasteiger partial charge in [0.05, 0.1) is 4.92 Å². The van der Waals surface area contributed by atoms with Gasteiger partial charge in [0.2, 0.25) is 5.75 Å². The van der Waals surface area contributed by atoms with Gasteiger partial charge in [-0.15, -0.1) is 0 Å². The topological polar surface area (TPSA) is 69.8 Å². The van der Waals surface area contributed by atoms with E-state index < -0.39 is 4.92 Å². The first-order valence-electron chi connectivity index (χ1n) is 10.4. The number of rotatable bonds is 4. The maximum atomic E-state index is 11.8. The summed E-state index contributed by atoms with van der Waals surface area (Å²) in [7, 11) is 0. The fraction of sp³-hybridized carbons (Fsp3) is 0.280. The van der Waals surface area contributed by atoms with Gasteiger partial charge < -0.3 is 14.9 Å². The van der Waals surface area contributed by atoms with E-state index in [9.17, 15) is 15.2 Å². The third kappa shape index (κ3) is 3.93. The summed E-state index contributed by atoms with van der Waals surface area (Å²) in [6.45, 7) is 7.52. The van der Waals surface area contributed by atoms with Crippen LogP contribution in [0.1, 0.15) is 38.1 Å². The van der Waals surface area contributed by atoms with Gasteiger partial charge in [0, 0.05) is 36.1 Å². The lowest BCUT2D eigenvalue weighted by atomic mass is 9.85. The Bertz CT molecular complexity index is 1030. The number of phenols is 1. The van der Waals surface area contributed by atoms with E-state index in [1.54, 1.807) is 0 Å². The zero-order chi connectivity index (χ0) is 22.2. The Labute approximate surface area is 182 Å². The maximum absolute atomic E-state index is 11.8. The molecule has 6 heteroatoms. The molecule has 1 saturated heterocycles. The minimum Gasteiger partial charge on any atom is -0.502 e. The molecule has 0 aromatic heterocycles. The van der Waals surface area contributed by atoms with E-state index in [-0.39, 0.29) is 23.0 Å². The minimum atomic E-state index is -0.497. The summed E-state index contributed by atoms with van der Waals surface area (Å²) in [5.74, 6) is -0.272. The average Bonchev–Trinajstić information content (AvgIpc) is 3.19. The van der Waals surface area contributed by atoms with Crippen molar-refractivity contribution < 1.29 is 10.0 Å². The Kier molecular flexibility index (Phi) is 5.31. The van der Waals surface area contributed by atoms with Gasteiger partial charge in [-0.05, 0) is 41.3 Å². The quantitative estimate of drug-likeness (QED) is 0.440. The Morgan fingerprint density at radius 2 is 1.39 bits per heavy atom. The molecule has 1 fully saturated rings. The summed E-state index contributed by atoms with van der Waals surface area (Å²) in [5, 5.41) is 22.8. The summed E-state index contributed by atoms with van der Waals surface area (Å²) < 4.78 is 0. The summed E-state index contributed by atoms with van der Waals surface area (Å²) in [4.78, 5) is 15.7. The summed E-state index contributed by atoms with van der Waals surface area (Å²) >= 11 is 0. The summed E-state index contributed by atoms with van der Waals surface area (Å²) in [6, 6.07) is 23.4. The molecule has 1 heterocycles. The van der Waals surface area contributed by atoms with Crippen molar-refractivity contribution in [3.63, 3.8) is 0 Å². The van der Waals surface area contributed by atoms with E-state index in [1.165, 1.54) is 6.07 Å². The average molecular weight is 418 g/mol. The van der Waals surface area contributed by atoms with Crippen molar-refractivity contribution in [1.29, 1.82) is 0 Å². The Balaban J connectivity index is 1.93. The van der Waals surface area contributed by atoms with Gasteiger partial charge in [0.1, 0.15) is 6.17 Å². The Hall–Kier alpha value is -3.54. The maximum Gasteiger partial charge on any atom is 0.311 e. The molecule has 0 saturated carbocycles. The van der Waals surface area contributed by atoms with E-state index in [2.05, 4.69) is 9.80 Å². The number of hydrogen-bond acceptors (Lipinski definition) is 5. The monoisotopic (exact) mass is 417 g/mol. The number of aromatic hydroxyl groups is 1. The van der Waals surface area contributed by atoms with Crippen molar-refractivity contribution in [2.45, 2.75) is 32.4 Å². The Morgan fingerprint density at radius 1 is 0.903 bits per heavy atom. The molecule has 1 aliphatic rings. The highest BCUT2D eigenvalue weighted by atomic mass is 16.6. The van der Waals surface area contributed by atoms with E-state index in [4.69, 9.17) is 0 Å². The van der Waals surface area contributed by atoms with Crippen LogP contribution in [0.25, 0.3) is 0 Å². The van der Waals surface area contributed by atoms with Gasteiger partial charge in [-0.2, -0.15) is 0 Å². The number of benzene rings is 3. The highest BCUT2D eigenvalue weighted by Gasteiger charge is 2.38. The molecule has 0 bridgehead atoms. The number of anilines is 2. The molecular formula is C25H27N3O3. The lowest BCUT2D eigenvalue weighted by molar-refractivity contribution is -0.386. The molecule has 160 valence electrons. The lowest BCUT2D eigenvalue weighted by Crippen LogP contribution is -2.31. The predicted molar refractivity (Wildman–Crippen MR) is 124 cm³/mol. The normalized spacial score (nSPS) is 14.8. The smallest absolute Gasteiger partial charge is 0.311 e. The third-order valence-corrected chi connectivity index (χ3v) is 5.81. The van der Waals surface area contributed by atoms with Gasteiger partial charge in [0.15, 0.2) is 0 Å². The molecule has 4 rings (SSSR count). The fourth-order valence-corrected chi connectivity index (χ4v) is 4.15. The molecule has 0 spiro atoms. The van der Waals surface area contributed by atoms with E-state index in [0.717, 1.165) is 30.0 Å². The van der Waals surface area contributed by atoms with Crippen LogP contribution in [0.5, 0.6) is 5.75 Å². The van der Waals surface area contributed by atoms with Gasteiger partial charge in [-0.1, -0.05) is 57.2 Å². The molecule has 0 unspecified atom stereocenters. The molecule has 1 aliphatic heterocycles. The molecule has 1 N–H and O–H groups in total. The van der Waals surface area contributed by atoms with E-state index in [0.29, 0.717) is 5.56 Å². The number of nitro benzene ring substituents is 1. The largest absolute Gasteiger partial charge is 0.502 e. The molecule has 31 heavy (non-hydrogen) atoms. The number of nitro groups is 1. The minimum absolute atomic E-state index is 0.254. The van der Waals surface area contributed by atoms with Crippen molar-refractivity contribution in [1.82, 2.24) is 0 Å². The van der Waals surface area contributed by atoms with Crippen LogP contribution in [0.4, 0.5) is 17.1 Å². The van der Waals surface area contributed by atoms with E-state index >= 15 is 0 Å². The summed E-state index contributed by atoms with van der Waals surface area (Å²) in [5.41, 5.74) is 2.82. The van der Waals surface area contributed by atoms with Crippen LogP contribution in [0.3, 0.4) is 0 Å². The van der Waals surface area contributed by atoms with Gasteiger partial charge >= 0.3 is 5.69 Å². The number of phenolic OH excluding ortho intramolecular Hbond substituents is 1. The van der Waals surface area contributed by atoms with Gasteiger partial charge in [-0.25, -0.2) is 0 Å². The number of hydrogen-bond donors (Lipinski definition) is 1. The zero-order valence-electron chi connectivity index (χ0n) is 18.0. The van der Waals surface area contributed by atoms with Crippen molar-refractivity contribution in [2.24, 2.45) is 0 Å². The van der Waals surface area contributed by atoms with Crippen LogP contribution >= 0.6 is 0 Å². The number of nitrogens with zero attached hydrogens (tertiary/aromatic N) is 3. The first kappa shape index (κ1) is 20.7. The molecule has 6 nitrogen and oxygen atoms in total. The molecule has 0 atom stereocenters. The van der Waals surface area contributed by atoms with Crippen LogP contribution in [-0.4, -0.2) is 23.1 Å². The van der Waals surface area contributed by atoms with Crippen molar-refractivity contribution >= 4 is 17.1 Å². The molecule has 3 aromatic carbocycles. The second-order valence-corrected chi connectivity index (χ2v) is 8.87. The van der Waals surface area contributed by atoms with Crippen LogP contribution in [-0.2, 0) is 5.41 Å². The lowest BCUT2D eigenvalue weighted by Gasteiger charge is -2.34. The molecule has 3 aromatic rings. The van der Waals surface area contributed by atoms with Crippen LogP contribution in [0.15, 0.2) is 72.8 Å². The first-order valence-corrected chi connectivity index (χ1v) is 10.4. The molecule has 0 amide bonds. The van der Waals surface area contributed by atoms with Crippen molar-refractivity contribution in [2.75, 3.05) is 22.9 Å². The second kappa shape index (κ2) is 7.95. The molecular weight excluding hydrogens is 390 g/mol. The van der Waals surface area contributed by atoms with Crippen LogP contribution in [0, 0.1) is 10.1 Å². The highest BCUT2D eigenvalue weighted by molar-refractivity contribution is 5.64. The highest BCUT2D eigenvalue weighted by Crippen LogP contribution is 2.45.